The van der Waals surface area contributed by atoms with Gasteiger partial charge in [0.15, 0.2) is 11.6 Å². The molecule has 0 bridgehead atoms. The van der Waals surface area contributed by atoms with Crippen molar-refractivity contribution in [1.29, 1.82) is 0 Å². The van der Waals surface area contributed by atoms with Crippen LogP contribution in [0.25, 0.3) is 0 Å². The van der Waals surface area contributed by atoms with Gasteiger partial charge in [0.2, 0.25) is 11.6 Å². The van der Waals surface area contributed by atoms with Gasteiger partial charge in [0.05, 0.1) is 52.9 Å². The lowest BCUT2D eigenvalue weighted by Gasteiger charge is -2.47. The van der Waals surface area contributed by atoms with Crippen molar-refractivity contribution in [2.24, 2.45) is 0 Å². The molecular formula is C42H50O12. The third kappa shape index (κ3) is 7.17. The molecule has 0 N–H and O–H groups in total. The maximum absolute atomic E-state index is 6.85. The molecule has 0 amide bonds. The van der Waals surface area contributed by atoms with Crippen LogP contribution in [0.15, 0.2) is 72.8 Å². The summed E-state index contributed by atoms with van der Waals surface area (Å²) in [4.78, 5) is 0. The maximum atomic E-state index is 6.85. The average Bonchev–Trinajstić information content (AvgIpc) is 3.64. The Morgan fingerprint density at radius 1 is 0.500 bits per heavy atom. The average molecular weight is 747 g/mol. The van der Waals surface area contributed by atoms with Crippen molar-refractivity contribution in [1.82, 2.24) is 0 Å². The number of fused-ring (bicyclic) bond motifs is 4. The quantitative estimate of drug-likeness (QED) is 0.320. The van der Waals surface area contributed by atoms with Crippen molar-refractivity contribution in [3.63, 3.8) is 0 Å². The Balaban J connectivity index is 0.962. The van der Waals surface area contributed by atoms with Gasteiger partial charge in [0.25, 0.3) is 0 Å². The van der Waals surface area contributed by atoms with Crippen LogP contribution in [-0.2, 0) is 96.5 Å². The van der Waals surface area contributed by atoms with Crippen LogP contribution < -0.4 is 0 Å². The van der Waals surface area contributed by atoms with Crippen LogP contribution in [0.5, 0.6) is 0 Å². The number of rotatable bonds is 6. The molecule has 54 heavy (non-hydrogen) atoms. The Hall–Kier alpha value is -2.82. The van der Waals surface area contributed by atoms with E-state index >= 15 is 0 Å². The molecule has 0 unspecified atom stereocenters. The number of hydrogen-bond acceptors (Lipinski definition) is 12. The monoisotopic (exact) mass is 746 g/mol. The summed E-state index contributed by atoms with van der Waals surface area (Å²) in [5.41, 5.74) is 6.22. The summed E-state index contributed by atoms with van der Waals surface area (Å²) in [5.74, 6) is -4.09. The molecular weight excluding hydrogens is 696 g/mol. The maximum Gasteiger partial charge on any atom is 0.224 e. The standard InChI is InChI=1S/C42H50O12/c1-39(2)51-25-41(53-39)37(35-33(23-49-41)43-17-27-11-5-7-13-29(27)19-45-35)47-21-31-15-9-10-16-32(31)22-48-38-36-34(24-50-42(38)26-52-40(3,4)54-42)44-18-28-12-6-8-14-30(28)20-46-36/h5-16,33-38H,17-26H2,1-4H3/t33-,34-,35-,36-,37+,38+,41+,42+/m1/s1. The van der Waals surface area contributed by atoms with Gasteiger partial charge in [-0.15, -0.1) is 0 Å². The normalized spacial score (nSPS) is 35.6. The highest BCUT2D eigenvalue weighted by atomic mass is 16.9. The predicted octanol–water partition coefficient (Wildman–Crippen LogP) is 5.44. The second kappa shape index (κ2) is 14.6. The Bertz CT molecular complexity index is 1670. The molecule has 8 atom stereocenters. The lowest BCUT2D eigenvalue weighted by atomic mass is 9.95. The van der Waals surface area contributed by atoms with E-state index in [-0.39, 0.29) is 51.8 Å². The highest BCUT2D eigenvalue weighted by Gasteiger charge is 2.62. The first-order chi connectivity index (χ1) is 26.1. The molecule has 4 saturated heterocycles. The molecule has 4 fully saturated rings. The Kier molecular flexibility index (Phi) is 9.95. The van der Waals surface area contributed by atoms with Crippen LogP contribution in [0.3, 0.4) is 0 Å². The third-order valence-corrected chi connectivity index (χ3v) is 11.2. The fourth-order valence-corrected chi connectivity index (χ4v) is 8.37. The summed E-state index contributed by atoms with van der Waals surface area (Å²) in [6, 6.07) is 24.4. The molecule has 2 spiro atoms. The summed E-state index contributed by atoms with van der Waals surface area (Å²) in [6.07, 6.45) is -3.02. The van der Waals surface area contributed by atoms with Gasteiger partial charge in [0.1, 0.15) is 49.8 Å². The van der Waals surface area contributed by atoms with Crippen molar-refractivity contribution in [3.05, 3.63) is 106 Å². The Labute approximate surface area is 316 Å². The minimum Gasteiger partial charge on any atom is -0.368 e. The molecule has 9 rings (SSSR count). The minimum atomic E-state index is -1.18. The summed E-state index contributed by atoms with van der Waals surface area (Å²) >= 11 is 0. The van der Waals surface area contributed by atoms with E-state index in [1.165, 1.54) is 0 Å². The van der Waals surface area contributed by atoms with Crippen molar-refractivity contribution in [3.8, 4) is 0 Å². The Morgan fingerprint density at radius 3 is 1.24 bits per heavy atom. The summed E-state index contributed by atoms with van der Waals surface area (Å²) in [7, 11) is 0. The smallest absolute Gasteiger partial charge is 0.224 e. The first-order valence-corrected chi connectivity index (χ1v) is 19.0. The Morgan fingerprint density at radius 2 is 0.870 bits per heavy atom. The van der Waals surface area contributed by atoms with Gasteiger partial charge in [-0.3, -0.25) is 0 Å². The predicted molar refractivity (Wildman–Crippen MR) is 190 cm³/mol. The van der Waals surface area contributed by atoms with E-state index in [4.69, 9.17) is 56.8 Å². The van der Waals surface area contributed by atoms with Gasteiger partial charge in [-0.1, -0.05) is 72.8 Å². The third-order valence-electron chi connectivity index (χ3n) is 11.2. The van der Waals surface area contributed by atoms with Gasteiger partial charge < -0.3 is 56.8 Å². The van der Waals surface area contributed by atoms with E-state index in [9.17, 15) is 0 Å². The highest BCUT2D eigenvalue weighted by molar-refractivity contribution is 5.28. The van der Waals surface area contributed by atoms with Crippen molar-refractivity contribution < 1.29 is 56.8 Å². The molecule has 290 valence electrons. The fourth-order valence-electron chi connectivity index (χ4n) is 8.37. The topological polar surface area (TPSA) is 111 Å². The second-order valence-corrected chi connectivity index (χ2v) is 15.8. The lowest BCUT2D eigenvalue weighted by Crippen LogP contribution is -2.65. The van der Waals surface area contributed by atoms with Crippen LogP contribution in [0, 0.1) is 0 Å². The SMILES string of the molecule is CC1(C)OC[C@]2(OC[C@H]3OCc4ccccc4CO[C@H]3[C@@H]2OCc2ccccc2CO[C@H]2[C@@H]3OCc4ccccc4CO[C@@H]3CO[C@]23COC(C)(C)O3)O1. The summed E-state index contributed by atoms with van der Waals surface area (Å²) in [5, 5.41) is 0. The molecule has 6 heterocycles. The first-order valence-electron chi connectivity index (χ1n) is 19.0. The van der Waals surface area contributed by atoms with E-state index in [1.54, 1.807) is 0 Å². The minimum absolute atomic E-state index is 0.190. The summed E-state index contributed by atoms with van der Waals surface area (Å²) in [6.45, 7) is 10.6. The van der Waals surface area contributed by atoms with Crippen molar-refractivity contribution >= 4 is 0 Å². The van der Waals surface area contributed by atoms with Crippen LogP contribution in [-0.4, -0.2) is 86.2 Å². The van der Waals surface area contributed by atoms with Gasteiger partial charge in [0, 0.05) is 0 Å². The molecule has 3 aromatic carbocycles. The van der Waals surface area contributed by atoms with Crippen LogP contribution in [0.4, 0.5) is 0 Å². The number of ether oxygens (including phenoxy) is 12. The molecule has 12 nitrogen and oxygen atoms in total. The summed E-state index contributed by atoms with van der Waals surface area (Å²) < 4.78 is 77.9. The highest BCUT2D eigenvalue weighted by Crippen LogP contribution is 2.44. The van der Waals surface area contributed by atoms with Crippen LogP contribution >= 0.6 is 0 Å². The molecule has 0 radical (unpaired) electrons. The van der Waals surface area contributed by atoms with Crippen LogP contribution in [0.1, 0.15) is 61.1 Å². The van der Waals surface area contributed by atoms with E-state index in [1.807, 2.05) is 76.2 Å². The van der Waals surface area contributed by atoms with E-state index in [0.29, 0.717) is 26.4 Å². The zero-order chi connectivity index (χ0) is 37.0. The molecule has 6 aliphatic rings. The van der Waals surface area contributed by atoms with Crippen molar-refractivity contribution in [2.75, 3.05) is 26.4 Å². The zero-order valence-corrected chi connectivity index (χ0v) is 31.4. The largest absolute Gasteiger partial charge is 0.368 e. The first kappa shape index (κ1) is 36.8. The lowest BCUT2D eigenvalue weighted by molar-refractivity contribution is -0.358. The molecule has 0 aromatic heterocycles. The van der Waals surface area contributed by atoms with Crippen LogP contribution in [0.2, 0.25) is 0 Å². The van der Waals surface area contributed by atoms with E-state index in [0.717, 1.165) is 33.4 Å². The zero-order valence-electron chi connectivity index (χ0n) is 31.4. The van der Waals surface area contributed by atoms with E-state index < -0.39 is 47.6 Å². The second-order valence-electron chi connectivity index (χ2n) is 15.8. The van der Waals surface area contributed by atoms with Crippen molar-refractivity contribution in [2.45, 2.75) is 127 Å². The molecule has 6 aliphatic heterocycles. The van der Waals surface area contributed by atoms with Gasteiger partial charge in [-0.2, -0.15) is 0 Å². The van der Waals surface area contributed by atoms with Gasteiger partial charge in [-0.25, -0.2) is 0 Å². The van der Waals surface area contributed by atoms with Gasteiger partial charge in [-0.05, 0) is 61.1 Å². The number of benzene rings is 3. The molecule has 0 aliphatic carbocycles. The van der Waals surface area contributed by atoms with Gasteiger partial charge >= 0.3 is 0 Å². The molecule has 12 heteroatoms. The molecule has 0 saturated carbocycles. The fraction of sp³-hybridized carbons (Fsp3) is 0.571. The van der Waals surface area contributed by atoms with E-state index in [2.05, 4.69) is 24.3 Å². The molecule has 3 aromatic rings. The number of hydrogen-bond donors (Lipinski definition) is 0.